The predicted molar refractivity (Wildman–Crippen MR) is 60.3 cm³/mol. The van der Waals surface area contributed by atoms with Crippen LogP contribution in [0.2, 0.25) is 0 Å². The zero-order chi connectivity index (χ0) is 10.4. The fraction of sp³-hybridized carbons (Fsp3) is 0.182. The molecule has 0 radical (unpaired) electrons. The molecule has 0 spiro atoms. The summed E-state index contributed by atoms with van der Waals surface area (Å²) in [6.45, 7) is 0. The van der Waals surface area contributed by atoms with E-state index in [1.54, 1.807) is 17.8 Å². The van der Waals surface area contributed by atoms with Crippen molar-refractivity contribution in [1.29, 1.82) is 5.26 Å². The van der Waals surface area contributed by atoms with Crippen LogP contribution in [0.3, 0.4) is 0 Å². The maximum Gasteiger partial charge on any atom is 0.152 e. The van der Waals surface area contributed by atoms with Crippen molar-refractivity contribution in [3.63, 3.8) is 0 Å². The Hall–Kier alpha value is -1.58. The molecule has 1 aromatic carbocycles. The molecule has 2 nitrogen and oxygen atoms in total. The first kappa shape index (κ1) is 10.5. The third-order valence-corrected chi connectivity index (χ3v) is 2.51. The zero-order valence-corrected chi connectivity index (χ0v) is 8.90. The van der Waals surface area contributed by atoms with Crippen LogP contribution < -0.4 is 5.32 Å². The summed E-state index contributed by atoms with van der Waals surface area (Å²) in [5, 5.41) is 11.4. The molecule has 0 aliphatic carbocycles. The van der Waals surface area contributed by atoms with Crippen LogP contribution in [0.5, 0.6) is 0 Å². The molecule has 3 heteroatoms. The standard InChI is InChI=1S/C11H10N2S/c1-13-10-6-5-9(4-3-7-12)8-11(10)14-2/h5-6,8,13H,1-2H3. The number of anilines is 1. The van der Waals surface area contributed by atoms with E-state index < -0.39 is 0 Å². The molecular formula is C11H10N2S. The molecule has 0 heterocycles. The summed E-state index contributed by atoms with van der Waals surface area (Å²) in [7, 11) is 1.88. The van der Waals surface area contributed by atoms with Crippen LogP contribution in [-0.4, -0.2) is 13.3 Å². The Labute approximate surface area is 88.3 Å². The summed E-state index contributed by atoms with van der Waals surface area (Å²) in [4.78, 5) is 1.14. The van der Waals surface area contributed by atoms with Gasteiger partial charge in [0, 0.05) is 29.1 Å². The fourth-order valence-electron chi connectivity index (χ4n) is 1.08. The van der Waals surface area contributed by atoms with Gasteiger partial charge in [-0.15, -0.1) is 11.8 Å². The van der Waals surface area contributed by atoms with Gasteiger partial charge in [0.1, 0.15) is 0 Å². The van der Waals surface area contributed by atoms with Gasteiger partial charge in [0.15, 0.2) is 6.07 Å². The smallest absolute Gasteiger partial charge is 0.152 e. The lowest BCUT2D eigenvalue weighted by Gasteiger charge is -2.06. The van der Waals surface area contributed by atoms with E-state index in [0.717, 1.165) is 16.1 Å². The van der Waals surface area contributed by atoms with E-state index in [-0.39, 0.29) is 0 Å². The Bertz CT molecular complexity index is 421. The Morgan fingerprint density at radius 3 is 2.79 bits per heavy atom. The van der Waals surface area contributed by atoms with E-state index in [1.165, 1.54) is 0 Å². The quantitative estimate of drug-likeness (QED) is 0.590. The number of nitriles is 1. The molecule has 0 amide bonds. The molecule has 0 aromatic heterocycles. The largest absolute Gasteiger partial charge is 0.387 e. The van der Waals surface area contributed by atoms with Crippen LogP contribution in [0.15, 0.2) is 23.1 Å². The minimum absolute atomic E-state index is 0.870. The molecule has 0 bridgehead atoms. The van der Waals surface area contributed by atoms with Gasteiger partial charge in [-0.25, -0.2) is 0 Å². The first-order chi connectivity index (χ1) is 6.81. The Balaban J connectivity index is 3.09. The average molecular weight is 202 g/mol. The van der Waals surface area contributed by atoms with Gasteiger partial charge in [0.2, 0.25) is 0 Å². The maximum atomic E-state index is 8.31. The van der Waals surface area contributed by atoms with E-state index in [0.29, 0.717) is 0 Å². The van der Waals surface area contributed by atoms with Gasteiger partial charge in [0.05, 0.1) is 0 Å². The topological polar surface area (TPSA) is 35.8 Å². The van der Waals surface area contributed by atoms with Crippen LogP contribution in [0, 0.1) is 23.2 Å². The minimum Gasteiger partial charge on any atom is -0.387 e. The van der Waals surface area contributed by atoms with Crippen LogP contribution in [0.4, 0.5) is 5.69 Å². The summed E-state index contributed by atoms with van der Waals surface area (Å²) in [5.74, 6) is 5.15. The molecule has 0 atom stereocenters. The van der Waals surface area contributed by atoms with Crippen molar-refractivity contribution < 1.29 is 0 Å². The molecule has 1 N–H and O–H groups in total. The summed E-state index contributed by atoms with van der Waals surface area (Å²) in [5.41, 5.74) is 1.95. The van der Waals surface area contributed by atoms with Gasteiger partial charge in [0.25, 0.3) is 0 Å². The van der Waals surface area contributed by atoms with E-state index in [1.807, 2.05) is 31.5 Å². The lowest BCUT2D eigenvalue weighted by atomic mass is 10.2. The molecular weight excluding hydrogens is 192 g/mol. The first-order valence-corrected chi connectivity index (χ1v) is 5.30. The molecule has 0 unspecified atom stereocenters. The lowest BCUT2D eigenvalue weighted by Crippen LogP contribution is -1.90. The number of thioether (sulfide) groups is 1. The summed E-state index contributed by atoms with van der Waals surface area (Å²) >= 11 is 1.65. The van der Waals surface area contributed by atoms with E-state index in [4.69, 9.17) is 5.26 Å². The highest BCUT2D eigenvalue weighted by atomic mass is 32.2. The van der Waals surface area contributed by atoms with Crippen LogP contribution in [-0.2, 0) is 0 Å². The van der Waals surface area contributed by atoms with Crippen molar-refractivity contribution >= 4 is 17.4 Å². The number of hydrogen-bond donors (Lipinski definition) is 1. The molecule has 14 heavy (non-hydrogen) atoms. The van der Waals surface area contributed by atoms with Gasteiger partial charge in [-0.05, 0) is 24.5 Å². The van der Waals surface area contributed by atoms with E-state index in [9.17, 15) is 0 Å². The summed E-state index contributed by atoms with van der Waals surface area (Å²) < 4.78 is 0. The van der Waals surface area contributed by atoms with Crippen molar-refractivity contribution in [1.82, 2.24) is 0 Å². The second-order valence-electron chi connectivity index (χ2n) is 2.53. The van der Waals surface area contributed by atoms with E-state index >= 15 is 0 Å². The van der Waals surface area contributed by atoms with Crippen LogP contribution in [0.25, 0.3) is 0 Å². The number of rotatable bonds is 2. The molecule has 0 saturated carbocycles. The molecule has 1 aromatic rings. The van der Waals surface area contributed by atoms with Gasteiger partial charge in [-0.2, -0.15) is 5.26 Å². The SMILES string of the molecule is CNc1ccc(C#CC#N)cc1SC. The van der Waals surface area contributed by atoms with Crippen LogP contribution >= 0.6 is 11.8 Å². The second kappa shape index (κ2) is 5.21. The highest BCUT2D eigenvalue weighted by molar-refractivity contribution is 7.98. The maximum absolute atomic E-state index is 8.31. The Kier molecular flexibility index (Phi) is 3.91. The van der Waals surface area contributed by atoms with Crippen molar-refractivity contribution in [2.75, 3.05) is 18.6 Å². The van der Waals surface area contributed by atoms with Crippen molar-refractivity contribution in [3.8, 4) is 17.9 Å². The predicted octanol–water partition coefficient (Wildman–Crippen LogP) is 2.33. The molecule has 70 valence electrons. The van der Waals surface area contributed by atoms with Gasteiger partial charge < -0.3 is 5.32 Å². The number of hydrogen-bond acceptors (Lipinski definition) is 3. The number of benzene rings is 1. The minimum atomic E-state index is 0.870. The lowest BCUT2D eigenvalue weighted by molar-refractivity contribution is 1.37. The highest BCUT2D eigenvalue weighted by Crippen LogP contribution is 2.25. The number of nitrogens with one attached hydrogen (secondary N) is 1. The Morgan fingerprint density at radius 2 is 2.21 bits per heavy atom. The van der Waals surface area contributed by atoms with Gasteiger partial charge >= 0.3 is 0 Å². The third-order valence-electron chi connectivity index (χ3n) is 1.73. The van der Waals surface area contributed by atoms with E-state index in [2.05, 4.69) is 17.2 Å². The second-order valence-corrected chi connectivity index (χ2v) is 3.37. The fourth-order valence-corrected chi connectivity index (χ4v) is 1.71. The third kappa shape index (κ3) is 2.45. The van der Waals surface area contributed by atoms with Crippen LogP contribution in [0.1, 0.15) is 5.56 Å². The Morgan fingerprint density at radius 1 is 1.43 bits per heavy atom. The highest BCUT2D eigenvalue weighted by Gasteiger charge is 1.99. The summed E-state index contributed by atoms with van der Waals surface area (Å²) in [6.07, 6.45) is 2.01. The average Bonchev–Trinajstić information content (AvgIpc) is 2.25. The van der Waals surface area contributed by atoms with Crippen molar-refractivity contribution in [2.24, 2.45) is 0 Å². The molecule has 0 aliphatic rings. The normalized spacial score (nSPS) is 8.36. The number of nitrogens with zero attached hydrogens (tertiary/aromatic N) is 1. The molecule has 0 aliphatic heterocycles. The van der Waals surface area contributed by atoms with Gasteiger partial charge in [-0.1, -0.05) is 5.92 Å². The van der Waals surface area contributed by atoms with Crippen molar-refractivity contribution in [3.05, 3.63) is 23.8 Å². The first-order valence-electron chi connectivity index (χ1n) is 4.07. The molecule has 0 fully saturated rings. The molecule has 1 rings (SSSR count). The molecule has 0 saturated heterocycles. The van der Waals surface area contributed by atoms with Gasteiger partial charge in [-0.3, -0.25) is 0 Å². The van der Waals surface area contributed by atoms with Crippen molar-refractivity contribution in [2.45, 2.75) is 4.90 Å². The zero-order valence-electron chi connectivity index (χ0n) is 8.09. The monoisotopic (exact) mass is 202 g/mol. The summed E-state index contributed by atoms with van der Waals surface area (Å²) in [6, 6.07) is 7.64.